The van der Waals surface area contributed by atoms with Gasteiger partial charge in [0.25, 0.3) is 0 Å². The molecule has 0 saturated heterocycles. The van der Waals surface area contributed by atoms with Gasteiger partial charge in [-0.15, -0.1) is 11.8 Å². The average Bonchev–Trinajstić information content (AvgIpc) is 2.57. The van der Waals surface area contributed by atoms with E-state index in [2.05, 4.69) is 0 Å². The lowest BCUT2D eigenvalue weighted by Crippen LogP contribution is -2.35. The zero-order chi connectivity index (χ0) is 17.5. The maximum absolute atomic E-state index is 12.3. The second-order valence-corrected chi connectivity index (χ2v) is 6.68. The minimum Gasteiger partial charge on any atom is -0.549 e. The van der Waals surface area contributed by atoms with Crippen molar-refractivity contribution >= 4 is 35.1 Å². The van der Waals surface area contributed by atoms with Gasteiger partial charge in [0.1, 0.15) is 5.75 Å². The van der Waals surface area contributed by atoms with Crippen molar-refractivity contribution in [2.75, 3.05) is 6.61 Å². The number of carbonyl (C=O) groups is 2. The molecule has 24 heavy (non-hydrogen) atoms. The third kappa shape index (κ3) is 5.28. The smallest absolute Gasteiger partial charge is 0.164 e. The quantitative estimate of drug-likeness (QED) is 0.532. The van der Waals surface area contributed by atoms with Crippen LogP contribution in [0.15, 0.2) is 53.4 Å². The van der Waals surface area contributed by atoms with Crippen molar-refractivity contribution in [3.63, 3.8) is 0 Å². The fraction of sp³-hybridized carbons (Fsp3) is 0.222. The van der Waals surface area contributed by atoms with Crippen molar-refractivity contribution in [3.05, 3.63) is 59.1 Å². The molecule has 0 saturated carbocycles. The summed E-state index contributed by atoms with van der Waals surface area (Å²) in [6.45, 7) is 2.41. The Labute approximate surface area is 149 Å². The topological polar surface area (TPSA) is 66.4 Å². The van der Waals surface area contributed by atoms with Crippen molar-refractivity contribution in [1.82, 2.24) is 0 Å². The fourth-order valence-corrected chi connectivity index (χ4v) is 3.12. The largest absolute Gasteiger partial charge is 0.549 e. The van der Waals surface area contributed by atoms with Gasteiger partial charge < -0.3 is 14.6 Å². The maximum atomic E-state index is 12.3. The molecule has 1 atom stereocenters. The van der Waals surface area contributed by atoms with E-state index >= 15 is 0 Å². The maximum Gasteiger partial charge on any atom is 0.164 e. The predicted molar refractivity (Wildman–Crippen MR) is 92.7 cm³/mol. The average molecular weight is 364 g/mol. The van der Waals surface area contributed by atoms with Crippen LogP contribution in [0.2, 0.25) is 5.02 Å². The molecule has 0 aliphatic carbocycles. The monoisotopic (exact) mass is 363 g/mol. The van der Waals surface area contributed by atoms with Crippen molar-refractivity contribution < 1.29 is 19.4 Å². The lowest BCUT2D eigenvalue weighted by atomic mass is 10.1. The van der Waals surface area contributed by atoms with E-state index in [1.807, 2.05) is 6.92 Å². The highest BCUT2D eigenvalue weighted by Gasteiger charge is 2.18. The standard InChI is InChI=1S/C18H17ClO4S/c1-2-23-14-7-3-12(4-8-14)16(20)11-17(18(21)22)24-15-9-5-13(19)6-10-15/h3-10,17H,2,11H2,1H3,(H,21,22)/p-1/t17-/m0/s1. The molecule has 0 aliphatic heterocycles. The fourth-order valence-electron chi connectivity index (χ4n) is 2.04. The molecule has 6 heteroatoms. The summed E-state index contributed by atoms with van der Waals surface area (Å²) in [5.41, 5.74) is 0.446. The molecular formula is C18H16ClO4S-. The van der Waals surface area contributed by atoms with E-state index in [1.165, 1.54) is 0 Å². The summed E-state index contributed by atoms with van der Waals surface area (Å²) in [7, 11) is 0. The zero-order valence-corrected chi connectivity index (χ0v) is 14.6. The molecule has 0 N–H and O–H groups in total. The normalized spacial score (nSPS) is 11.8. The van der Waals surface area contributed by atoms with Gasteiger partial charge in [-0.1, -0.05) is 11.6 Å². The number of halogens is 1. The molecule has 2 aromatic rings. The summed E-state index contributed by atoms with van der Waals surface area (Å²) < 4.78 is 5.32. The summed E-state index contributed by atoms with van der Waals surface area (Å²) in [5.74, 6) is -0.857. The Balaban J connectivity index is 2.05. The SMILES string of the molecule is CCOc1ccc(C(=O)C[C@H](Sc2ccc(Cl)cc2)C(=O)[O-])cc1. The number of aliphatic carboxylic acids is 1. The molecule has 4 nitrogen and oxygen atoms in total. The molecule has 0 aromatic heterocycles. The molecule has 0 bridgehead atoms. The number of carboxylic acid groups (broad SMARTS) is 1. The van der Waals surface area contributed by atoms with Crippen LogP contribution in [0.4, 0.5) is 0 Å². The molecule has 0 aliphatic rings. The van der Waals surface area contributed by atoms with Crippen molar-refractivity contribution in [3.8, 4) is 5.75 Å². The number of benzene rings is 2. The second-order valence-electron chi connectivity index (χ2n) is 4.96. The van der Waals surface area contributed by atoms with E-state index in [4.69, 9.17) is 16.3 Å². The molecule has 0 heterocycles. The minimum atomic E-state index is -1.27. The van der Waals surface area contributed by atoms with Crippen LogP contribution in [0.3, 0.4) is 0 Å². The number of thioether (sulfide) groups is 1. The Morgan fingerprint density at radius 3 is 2.29 bits per heavy atom. The number of ether oxygens (including phenoxy) is 1. The third-order valence-corrected chi connectivity index (χ3v) is 4.65. The van der Waals surface area contributed by atoms with E-state index in [0.29, 0.717) is 27.8 Å². The lowest BCUT2D eigenvalue weighted by molar-refractivity contribution is -0.304. The second kappa shape index (κ2) is 8.76. The van der Waals surface area contributed by atoms with Gasteiger partial charge in [-0.2, -0.15) is 0 Å². The van der Waals surface area contributed by atoms with Crippen molar-refractivity contribution in [2.24, 2.45) is 0 Å². The van der Waals surface area contributed by atoms with E-state index in [9.17, 15) is 14.7 Å². The van der Waals surface area contributed by atoms with E-state index in [1.54, 1.807) is 48.5 Å². The van der Waals surface area contributed by atoms with Crippen LogP contribution in [-0.4, -0.2) is 23.6 Å². The van der Waals surface area contributed by atoms with Gasteiger partial charge in [-0.3, -0.25) is 4.79 Å². The van der Waals surface area contributed by atoms with Gasteiger partial charge >= 0.3 is 0 Å². The van der Waals surface area contributed by atoms with Crippen molar-refractivity contribution in [1.29, 1.82) is 0 Å². The van der Waals surface area contributed by atoms with Gasteiger partial charge in [0.15, 0.2) is 5.78 Å². The van der Waals surface area contributed by atoms with Crippen LogP contribution in [-0.2, 0) is 4.79 Å². The molecule has 0 spiro atoms. The lowest BCUT2D eigenvalue weighted by Gasteiger charge is -2.17. The van der Waals surface area contributed by atoms with Gasteiger partial charge in [0, 0.05) is 21.9 Å². The number of hydrogen-bond donors (Lipinski definition) is 0. The van der Waals surface area contributed by atoms with E-state index in [-0.39, 0.29) is 12.2 Å². The first-order valence-electron chi connectivity index (χ1n) is 7.38. The predicted octanol–water partition coefficient (Wildman–Crippen LogP) is 3.22. The molecule has 0 unspecified atom stereocenters. The molecular weight excluding hydrogens is 348 g/mol. The summed E-state index contributed by atoms with van der Waals surface area (Å²) in [6.07, 6.45) is -0.149. The summed E-state index contributed by atoms with van der Waals surface area (Å²) in [5, 5.41) is 10.9. The summed E-state index contributed by atoms with van der Waals surface area (Å²) in [4.78, 5) is 24.4. The molecule has 0 radical (unpaired) electrons. The van der Waals surface area contributed by atoms with Crippen LogP contribution in [0.25, 0.3) is 0 Å². The third-order valence-electron chi connectivity index (χ3n) is 3.21. The first kappa shape index (κ1) is 18.4. The van der Waals surface area contributed by atoms with Crippen LogP contribution in [0.5, 0.6) is 5.75 Å². The first-order valence-corrected chi connectivity index (χ1v) is 8.64. The van der Waals surface area contributed by atoms with Crippen LogP contribution < -0.4 is 9.84 Å². The van der Waals surface area contributed by atoms with E-state index < -0.39 is 11.2 Å². The van der Waals surface area contributed by atoms with Crippen molar-refractivity contribution in [2.45, 2.75) is 23.5 Å². The number of carboxylic acids is 1. The number of rotatable bonds is 8. The number of hydrogen-bond acceptors (Lipinski definition) is 5. The van der Waals surface area contributed by atoms with Gasteiger partial charge in [0.05, 0.1) is 17.8 Å². The number of Topliss-reactive ketones (excluding diaryl/α,β-unsaturated/α-hetero) is 1. The first-order chi connectivity index (χ1) is 11.5. The van der Waals surface area contributed by atoms with Crippen LogP contribution in [0.1, 0.15) is 23.7 Å². The van der Waals surface area contributed by atoms with Crippen LogP contribution in [0, 0.1) is 0 Å². The zero-order valence-electron chi connectivity index (χ0n) is 13.0. The Hall–Kier alpha value is -1.98. The molecule has 0 fully saturated rings. The molecule has 126 valence electrons. The highest BCUT2D eigenvalue weighted by atomic mass is 35.5. The number of ketones is 1. The molecule has 2 rings (SSSR count). The van der Waals surface area contributed by atoms with Gasteiger partial charge in [0.2, 0.25) is 0 Å². The van der Waals surface area contributed by atoms with Gasteiger partial charge in [-0.25, -0.2) is 0 Å². The Bertz CT molecular complexity index is 698. The van der Waals surface area contributed by atoms with Gasteiger partial charge in [-0.05, 0) is 55.5 Å². The number of carbonyl (C=O) groups excluding carboxylic acids is 2. The minimum absolute atomic E-state index is 0.149. The summed E-state index contributed by atoms with van der Waals surface area (Å²) in [6, 6.07) is 13.4. The molecule has 2 aromatic carbocycles. The Morgan fingerprint density at radius 2 is 1.75 bits per heavy atom. The molecule has 0 amide bonds. The van der Waals surface area contributed by atoms with Crippen LogP contribution >= 0.6 is 23.4 Å². The Morgan fingerprint density at radius 1 is 1.12 bits per heavy atom. The van der Waals surface area contributed by atoms with E-state index in [0.717, 1.165) is 11.8 Å². The Kier molecular flexibility index (Phi) is 6.70. The summed E-state index contributed by atoms with van der Waals surface area (Å²) >= 11 is 6.88. The highest BCUT2D eigenvalue weighted by Crippen LogP contribution is 2.27. The highest BCUT2D eigenvalue weighted by molar-refractivity contribution is 8.00.